The van der Waals surface area contributed by atoms with Crippen molar-refractivity contribution >= 4 is 11.7 Å². The number of urea groups is 1. The minimum absolute atomic E-state index is 0.276. The van der Waals surface area contributed by atoms with Crippen molar-refractivity contribution in [1.82, 2.24) is 4.90 Å². The summed E-state index contributed by atoms with van der Waals surface area (Å²) < 4.78 is 16.4. The standard InChI is InChI=1S/C30H30N2O4/c1-34-25-18-19-26(28(20-25)36-3)31-30(33)32(21-24-16-10-11-17-27(24)35-2)29(22-12-6-4-7-13-22)23-14-8-5-9-15-23/h4-20,29H,21H2,1-3H3,(H,31,33). The van der Waals surface area contributed by atoms with E-state index in [4.69, 9.17) is 14.2 Å². The molecule has 0 atom stereocenters. The fraction of sp³-hybridized carbons (Fsp3) is 0.167. The minimum Gasteiger partial charge on any atom is -0.497 e. The predicted molar refractivity (Wildman–Crippen MR) is 142 cm³/mol. The molecule has 0 saturated heterocycles. The van der Waals surface area contributed by atoms with Crippen molar-refractivity contribution in [3.8, 4) is 17.2 Å². The van der Waals surface area contributed by atoms with Gasteiger partial charge in [0.15, 0.2) is 0 Å². The highest BCUT2D eigenvalue weighted by Gasteiger charge is 2.28. The minimum atomic E-state index is -0.346. The number of anilines is 1. The number of ether oxygens (including phenoxy) is 3. The van der Waals surface area contributed by atoms with Crippen LogP contribution in [0.5, 0.6) is 17.2 Å². The highest BCUT2D eigenvalue weighted by molar-refractivity contribution is 5.91. The van der Waals surface area contributed by atoms with Crippen molar-refractivity contribution in [3.05, 3.63) is 120 Å². The number of para-hydroxylation sites is 1. The van der Waals surface area contributed by atoms with E-state index in [9.17, 15) is 4.79 Å². The summed E-state index contributed by atoms with van der Waals surface area (Å²) in [4.78, 5) is 15.8. The Bertz CT molecular complexity index is 1240. The fourth-order valence-electron chi connectivity index (χ4n) is 4.21. The second kappa shape index (κ2) is 11.8. The van der Waals surface area contributed by atoms with Gasteiger partial charge >= 0.3 is 6.03 Å². The molecule has 6 heteroatoms. The number of carbonyl (C=O) groups is 1. The van der Waals surface area contributed by atoms with Gasteiger partial charge in [-0.05, 0) is 29.3 Å². The van der Waals surface area contributed by atoms with Gasteiger partial charge in [-0.2, -0.15) is 0 Å². The molecule has 36 heavy (non-hydrogen) atoms. The third-order valence-corrected chi connectivity index (χ3v) is 5.99. The first-order valence-electron chi connectivity index (χ1n) is 11.7. The molecule has 1 N–H and O–H groups in total. The topological polar surface area (TPSA) is 60.0 Å². The first-order chi connectivity index (χ1) is 17.6. The summed E-state index contributed by atoms with van der Waals surface area (Å²) in [6, 6.07) is 32.4. The van der Waals surface area contributed by atoms with Crippen LogP contribution < -0.4 is 19.5 Å². The maximum absolute atomic E-state index is 14.0. The quantitative estimate of drug-likeness (QED) is 0.294. The summed E-state index contributed by atoms with van der Waals surface area (Å²) in [5.74, 6) is 1.87. The molecule has 4 rings (SSSR count). The number of benzene rings is 4. The first-order valence-corrected chi connectivity index (χ1v) is 11.7. The lowest BCUT2D eigenvalue weighted by Crippen LogP contribution is -2.38. The van der Waals surface area contributed by atoms with Crippen molar-refractivity contribution in [2.75, 3.05) is 26.6 Å². The molecule has 2 amide bonds. The lowest BCUT2D eigenvalue weighted by Gasteiger charge is -2.33. The molecule has 4 aromatic rings. The second-order valence-corrected chi connectivity index (χ2v) is 8.16. The largest absolute Gasteiger partial charge is 0.497 e. The van der Waals surface area contributed by atoms with Crippen molar-refractivity contribution in [3.63, 3.8) is 0 Å². The van der Waals surface area contributed by atoms with Crippen LogP contribution in [0.15, 0.2) is 103 Å². The monoisotopic (exact) mass is 482 g/mol. The molecule has 6 nitrogen and oxygen atoms in total. The number of hydrogen-bond acceptors (Lipinski definition) is 4. The zero-order chi connectivity index (χ0) is 25.3. The van der Waals surface area contributed by atoms with Crippen LogP contribution in [0.25, 0.3) is 0 Å². The maximum Gasteiger partial charge on any atom is 0.323 e. The SMILES string of the molecule is COc1ccc(NC(=O)N(Cc2ccccc2OC)C(c2ccccc2)c2ccccc2)c(OC)c1. The van der Waals surface area contributed by atoms with Crippen molar-refractivity contribution in [2.45, 2.75) is 12.6 Å². The molecule has 0 aromatic heterocycles. The molecule has 0 spiro atoms. The van der Waals surface area contributed by atoms with E-state index in [1.165, 1.54) is 0 Å². The van der Waals surface area contributed by atoms with Gasteiger partial charge in [0.1, 0.15) is 17.2 Å². The summed E-state index contributed by atoms with van der Waals surface area (Å²) in [6.07, 6.45) is 0. The average molecular weight is 483 g/mol. The normalized spacial score (nSPS) is 10.6. The summed E-state index contributed by atoms with van der Waals surface area (Å²) >= 11 is 0. The van der Waals surface area contributed by atoms with E-state index in [-0.39, 0.29) is 12.1 Å². The summed E-state index contributed by atoms with van der Waals surface area (Å²) in [5, 5.41) is 3.06. The van der Waals surface area contributed by atoms with Crippen LogP contribution in [0.4, 0.5) is 10.5 Å². The number of hydrogen-bond donors (Lipinski definition) is 1. The third kappa shape index (κ3) is 5.61. The van der Waals surface area contributed by atoms with Gasteiger partial charge in [0, 0.05) is 11.6 Å². The Morgan fingerprint density at radius 3 is 1.89 bits per heavy atom. The average Bonchev–Trinajstić information content (AvgIpc) is 2.94. The second-order valence-electron chi connectivity index (χ2n) is 8.16. The smallest absolute Gasteiger partial charge is 0.323 e. The van der Waals surface area contributed by atoms with Crippen molar-refractivity contribution < 1.29 is 19.0 Å². The van der Waals surface area contributed by atoms with E-state index < -0.39 is 0 Å². The van der Waals surface area contributed by atoms with Crippen LogP contribution in [0.3, 0.4) is 0 Å². The lowest BCUT2D eigenvalue weighted by atomic mass is 9.96. The van der Waals surface area contributed by atoms with Crippen molar-refractivity contribution in [2.24, 2.45) is 0 Å². The molecule has 0 heterocycles. The zero-order valence-corrected chi connectivity index (χ0v) is 20.7. The number of amides is 2. The van der Waals surface area contributed by atoms with Gasteiger partial charge in [-0.25, -0.2) is 4.79 Å². The number of nitrogens with zero attached hydrogens (tertiary/aromatic N) is 1. The number of methoxy groups -OCH3 is 3. The van der Waals surface area contributed by atoms with Gasteiger partial charge in [0.25, 0.3) is 0 Å². The molecule has 4 aromatic carbocycles. The molecule has 0 aliphatic rings. The molecule has 0 unspecified atom stereocenters. The van der Waals surface area contributed by atoms with E-state index in [0.717, 1.165) is 22.4 Å². The Labute approximate surface area is 212 Å². The fourth-order valence-corrected chi connectivity index (χ4v) is 4.21. The Hall–Kier alpha value is -4.45. The van der Waals surface area contributed by atoms with Crippen LogP contribution in [0.2, 0.25) is 0 Å². The van der Waals surface area contributed by atoms with Crippen LogP contribution in [-0.4, -0.2) is 32.3 Å². The van der Waals surface area contributed by atoms with Crippen molar-refractivity contribution in [1.29, 1.82) is 0 Å². The summed E-state index contributed by atoms with van der Waals surface area (Å²) in [7, 11) is 4.79. The molecule has 0 saturated carbocycles. The third-order valence-electron chi connectivity index (χ3n) is 5.99. The zero-order valence-electron chi connectivity index (χ0n) is 20.7. The van der Waals surface area contributed by atoms with Gasteiger partial charge in [0.2, 0.25) is 0 Å². The number of nitrogens with one attached hydrogen (secondary N) is 1. The molecule has 0 radical (unpaired) electrons. The molecule has 0 aliphatic carbocycles. The molecular weight excluding hydrogens is 452 g/mol. The van der Waals surface area contributed by atoms with E-state index in [1.807, 2.05) is 89.8 Å². The molecular formula is C30H30N2O4. The highest BCUT2D eigenvalue weighted by atomic mass is 16.5. The van der Waals surface area contributed by atoms with Crippen LogP contribution in [-0.2, 0) is 6.54 Å². The number of rotatable bonds is 9. The summed E-state index contributed by atoms with van der Waals surface area (Å²) in [5.41, 5.74) is 3.44. The van der Waals surface area contributed by atoms with Gasteiger partial charge in [-0.15, -0.1) is 0 Å². The number of carbonyl (C=O) groups excluding carboxylic acids is 1. The summed E-state index contributed by atoms with van der Waals surface area (Å²) in [6.45, 7) is 0.322. The van der Waals surface area contributed by atoms with Gasteiger partial charge in [-0.3, -0.25) is 0 Å². The van der Waals surface area contributed by atoms with E-state index >= 15 is 0 Å². The Morgan fingerprint density at radius 2 is 1.31 bits per heavy atom. The van der Waals surface area contributed by atoms with Crippen LogP contribution >= 0.6 is 0 Å². The molecule has 0 aliphatic heterocycles. The van der Waals surface area contributed by atoms with E-state index in [1.54, 1.807) is 39.5 Å². The van der Waals surface area contributed by atoms with Gasteiger partial charge < -0.3 is 24.4 Å². The van der Waals surface area contributed by atoms with Crippen LogP contribution in [0, 0.1) is 0 Å². The molecule has 184 valence electrons. The maximum atomic E-state index is 14.0. The van der Waals surface area contributed by atoms with E-state index in [0.29, 0.717) is 23.7 Å². The van der Waals surface area contributed by atoms with Gasteiger partial charge in [0.05, 0.1) is 39.6 Å². The Morgan fingerprint density at radius 1 is 0.722 bits per heavy atom. The molecule has 0 bridgehead atoms. The Kier molecular flexibility index (Phi) is 8.08. The lowest BCUT2D eigenvalue weighted by molar-refractivity contribution is 0.193. The predicted octanol–water partition coefficient (Wildman–Crippen LogP) is 6.54. The molecule has 0 fully saturated rings. The highest BCUT2D eigenvalue weighted by Crippen LogP contribution is 2.34. The van der Waals surface area contributed by atoms with Gasteiger partial charge in [-0.1, -0.05) is 78.9 Å². The van der Waals surface area contributed by atoms with Crippen LogP contribution in [0.1, 0.15) is 22.7 Å². The Balaban J connectivity index is 1.79. The van der Waals surface area contributed by atoms with E-state index in [2.05, 4.69) is 5.32 Å². The first kappa shape index (κ1) is 24.7.